The van der Waals surface area contributed by atoms with Gasteiger partial charge >= 0.3 is 0 Å². The summed E-state index contributed by atoms with van der Waals surface area (Å²) in [6, 6.07) is 2.08. The summed E-state index contributed by atoms with van der Waals surface area (Å²) in [6.07, 6.45) is 0. The van der Waals surface area contributed by atoms with Crippen LogP contribution in [0.5, 0.6) is 0 Å². The maximum Gasteiger partial charge on any atom is 0.276 e. The number of nitrogens with zero attached hydrogens (tertiary/aromatic N) is 2. The molecule has 0 radical (unpaired) electrons. The molecule has 0 amide bonds. The van der Waals surface area contributed by atoms with Crippen molar-refractivity contribution in [2.75, 3.05) is 0 Å². The highest BCUT2D eigenvalue weighted by Gasteiger charge is 2.06. The molecule has 0 unspecified atom stereocenters. The summed E-state index contributed by atoms with van der Waals surface area (Å²) in [5.41, 5.74) is 5.36. The van der Waals surface area contributed by atoms with Crippen molar-refractivity contribution in [3.8, 4) is 0 Å². The lowest BCUT2D eigenvalue weighted by Gasteiger charge is -1.91. The Balaban J connectivity index is 1.93. The zero-order valence-electron chi connectivity index (χ0n) is 7.64. The molecule has 2 rings (SSSR count). The molecule has 7 heteroatoms. The minimum absolute atomic E-state index is 0.290. The van der Waals surface area contributed by atoms with E-state index in [-0.39, 0.29) is 6.54 Å². The number of thiophene rings is 1. The lowest BCUT2D eigenvalue weighted by Crippen LogP contribution is -1.95. The number of hydrogen-bond donors (Lipinski definition) is 1. The van der Waals surface area contributed by atoms with E-state index in [2.05, 4.69) is 37.6 Å². The van der Waals surface area contributed by atoms with Crippen molar-refractivity contribution in [2.24, 2.45) is 5.73 Å². The number of rotatable bonds is 4. The van der Waals surface area contributed by atoms with E-state index in [1.54, 1.807) is 11.3 Å². The first kappa shape index (κ1) is 11.1. The molecule has 0 atom stereocenters. The number of hydrogen-bond acceptors (Lipinski definition) is 6. The van der Waals surface area contributed by atoms with Crippen LogP contribution in [-0.2, 0) is 12.3 Å². The monoisotopic (exact) mass is 305 g/mol. The summed E-state index contributed by atoms with van der Waals surface area (Å²) in [5, 5.41) is 10.3. The minimum atomic E-state index is 0.290. The summed E-state index contributed by atoms with van der Waals surface area (Å²) in [4.78, 5) is 1.26. The molecule has 0 aliphatic carbocycles. The zero-order valence-corrected chi connectivity index (χ0v) is 10.9. The minimum Gasteiger partial charge on any atom is -0.415 e. The average Bonchev–Trinajstić information content (AvgIpc) is 2.83. The van der Waals surface area contributed by atoms with Crippen LogP contribution in [0, 0.1) is 0 Å². The summed E-state index contributed by atoms with van der Waals surface area (Å²) in [6.45, 7) is 0.290. The highest BCUT2D eigenvalue weighted by molar-refractivity contribution is 9.10. The van der Waals surface area contributed by atoms with Crippen LogP contribution in [0.4, 0.5) is 0 Å². The van der Waals surface area contributed by atoms with Crippen molar-refractivity contribution in [1.82, 2.24) is 10.2 Å². The Kier molecular flexibility index (Phi) is 3.79. The molecule has 15 heavy (non-hydrogen) atoms. The van der Waals surface area contributed by atoms with Crippen molar-refractivity contribution in [3.05, 3.63) is 26.7 Å². The average molecular weight is 306 g/mol. The molecule has 0 saturated heterocycles. The van der Waals surface area contributed by atoms with Crippen LogP contribution in [0.1, 0.15) is 10.8 Å². The van der Waals surface area contributed by atoms with E-state index in [9.17, 15) is 0 Å². The molecular formula is C8H8BrN3OS2. The topological polar surface area (TPSA) is 64.9 Å². The smallest absolute Gasteiger partial charge is 0.276 e. The van der Waals surface area contributed by atoms with Gasteiger partial charge in [0.1, 0.15) is 0 Å². The quantitative estimate of drug-likeness (QED) is 0.880. The fraction of sp³-hybridized carbons (Fsp3) is 0.250. The van der Waals surface area contributed by atoms with Crippen LogP contribution >= 0.6 is 39.0 Å². The van der Waals surface area contributed by atoms with Gasteiger partial charge < -0.3 is 10.2 Å². The molecule has 2 aromatic rings. The van der Waals surface area contributed by atoms with Crippen molar-refractivity contribution >= 4 is 39.0 Å². The van der Waals surface area contributed by atoms with Gasteiger partial charge in [0.25, 0.3) is 5.22 Å². The molecule has 80 valence electrons. The van der Waals surface area contributed by atoms with Gasteiger partial charge in [0.15, 0.2) is 0 Å². The highest BCUT2D eigenvalue weighted by atomic mass is 79.9. The van der Waals surface area contributed by atoms with Crippen LogP contribution in [0.15, 0.2) is 25.6 Å². The predicted molar refractivity (Wildman–Crippen MR) is 63.8 cm³/mol. The molecule has 0 aliphatic heterocycles. The van der Waals surface area contributed by atoms with Crippen molar-refractivity contribution in [3.63, 3.8) is 0 Å². The number of thioether (sulfide) groups is 1. The molecule has 0 fully saturated rings. The van der Waals surface area contributed by atoms with Crippen LogP contribution < -0.4 is 5.73 Å². The van der Waals surface area contributed by atoms with E-state index in [4.69, 9.17) is 10.2 Å². The van der Waals surface area contributed by atoms with Gasteiger partial charge in [-0.1, -0.05) is 11.8 Å². The number of halogens is 1. The Morgan fingerprint density at radius 2 is 2.40 bits per heavy atom. The van der Waals surface area contributed by atoms with E-state index < -0.39 is 0 Å². The normalized spacial score (nSPS) is 10.8. The molecule has 0 aliphatic rings. The third kappa shape index (κ3) is 3.04. The van der Waals surface area contributed by atoms with Gasteiger partial charge in [0.2, 0.25) is 5.89 Å². The third-order valence-corrected chi connectivity index (χ3v) is 4.33. The van der Waals surface area contributed by atoms with Gasteiger partial charge in [0, 0.05) is 20.5 Å². The van der Waals surface area contributed by atoms with E-state index >= 15 is 0 Å². The first-order valence-electron chi connectivity index (χ1n) is 4.16. The van der Waals surface area contributed by atoms with Crippen molar-refractivity contribution < 1.29 is 4.42 Å². The maximum absolute atomic E-state index is 5.36. The number of aromatic nitrogens is 2. The summed E-state index contributed by atoms with van der Waals surface area (Å²) in [5.74, 6) is 1.31. The van der Waals surface area contributed by atoms with E-state index in [1.807, 2.05) is 0 Å². The first-order valence-corrected chi connectivity index (χ1v) is 6.82. The lowest BCUT2D eigenvalue weighted by molar-refractivity contribution is 0.415. The molecule has 0 spiro atoms. The van der Waals surface area contributed by atoms with Crippen LogP contribution in [-0.4, -0.2) is 10.2 Å². The molecule has 2 heterocycles. The van der Waals surface area contributed by atoms with E-state index in [0.29, 0.717) is 11.1 Å². The molecule has 2 N–H and O–H groups in total. The second-order valence-corrected chi connectivity index (χ2v) is 5.52. The van der Waals surface area contributed by atoms with Gasteiger partial charge in [0.05, 0.1) is 6.54 Å². The fourth-order valence-electron chi connectivity index (χ4n) is 0.941. The molecule has 4 nitrogen and oxygen atoms in total. The van der Waals surface area contributed by atoms with Crippen LogP contribution in [0.25, 0.3) is 0 Å². The standard InChI is InChI=1S/C8H8BrN3OS2/c9-5-1-6(14-3-5)4-15-8-12-11-7(2-10)13-8/h1,3H,2,4,10H2. The SMILES string of the molecule is NCc1nnc(SCc2cc(Br)cs2)o1. The predicted octanol–water partition coefficient (Wildman–Crippen LogP) is 2.64. The summed E-state index contributed by atoms with van der Waals surface area (Å²) in [7, 11) is 0. The van der Waals surface area contributed by atoms with Crippen LogP contribution in [0.2, 0.25) is 0 Å². The molecule has 0 aromatic carbocycles. The van der Waals surface area contributed by atoms with Gasteiger partial charge in [-0.2, -0.15) is 0 Å². The maximum atomic E-state index is 5.36. The van der Waals surface area contributed by atoms with E-state index in [1.165, 1.54) is 16.6 Å². The van der Waals surface area contributed by atoms with Gasteiger partial charge in [-0.15, -0.1) is 21.5 Å². The van der Waals surface area contributed by atoms with Gasteiger partial charge in [-0.05, 0) is 22.0 Å². The van der Waals surface area contributed by atoms with E-state index in [0.717, 1.165) is 10.2 Å². The second-order valence-electron chi connectivity index (χ2n) is 2.69. The molecule has 0 bridgehead atoms. The third-order valence-electron chi connectivity index (χ3n) is 1.58. The zero-order chi connectivity index (χ0) is 10.7. The largest absolute Gasteiger partial charge is 0.415 e. The van der Waals surface area contributed by atoms with Crippen molar-refractivity contribution in [2.45, 2.75) is 17.5 Å². The van der Waals surface area contributed by atoms with Crippen LogP contribution in [0.3, 0.4) is 0 Å². The Labute approximate surface area is 103 Å². The molecule has 0 saturated carbocycles. The highest BCUT2D eigenvalue weighted by Crippen LogP contribution is 2.27. The Morgan fingerprint density at radius 3 is 3.00 bits per heavy atom. The lowest BCUT2D eigenvalue weighted by atomic mass is 10.5. The Hall–Kier alpha value is -0.370. The first-order chi connectivity index (χ1) is 7.28. The summed E-state index contributed by atoms with van der Waals surface area (Å²) < 4.78 is 6.38. The second kappa shape index (κ2) is 5.11. The summed E-state index contributed by atoms with van der Waals surface area (Å²) >= 11 is 6.62. The Bertz CT molecular complexity index is 443. The van der Waals surface area contributed by atoms with Gasteiger partial charge in [-0.25, -0.2) is 0 Å². The fourth-order valence-corrected chi connectivity index (χ4v) is 3.23. The van der Waals surface area contributed by atoms with Crippen molar-refractivity contribution in [1.29, 1.82) is 0 Å². The number of nitrogens with two attached hydrogens (primary N) is 1. The molecule has 2 aromatic heterocycles. The Morgan fingerprint density at radius 1 is 1.53 bits per heavy atom. The molecular weight excluding hydrogens is 298 g/mol. The van der Waals surface area contributed by atoms with Gasteiger partial charge in [-0.3, -0.25) is 0 Å².